The van der Waals surface area contributed by atoms with E-state index in [1.807, 2.05) is 12.1 Å². The predicted molar refractivity (Wildman–Crippen MR) is 67.0 cm³/mol. The van der Waals surface area contributed by atoms with Crippen molar-refractivity contribution in [2.24, 2.45) is 10.2 Å². The predicted octanol–water partition coefficient (Wildman–Crippen LogP) is 3.86. The fourth-order valence-corrected chi connectivity index (χ4v) is 1.37. The number of carbonyl (C=O) groups excluding carboxylic acids is 1. The molecular formula is C12H15N3O3. The van der Waals surface area contributed by atoms with Crippen LogP contribution in [0, 0.1) is 0 Å². The van der Waals surface area contributed by atoms with Crippen molar-refractivity contribution in [1.82, 2.24) is 0 Å². The van der Waals surface area contributed by atoms with E-state index in [9.17, 15) is 9.59 Å². The van der Waals surface area contributed by atoms with Gasteiger partial charge in [-0.15, -0.1) is 0 Å². The Morgan fingerprint density at radius 1 is 1.28 bits per heavy atom. The first-order chi connectivity index (χ1) is 8.52. The lowest BCUT2D eigenvalue weighted by atomic mass is 9.99. The largest absolute Gasteiger partial charge is 0.462 e. The minimum Gasteiger partial charge on any atom is -0.462 e. The molecule has 96 valence electrons. The summed E-state index contributed by atoms with van der Waals surface area (Å²) in [5, 5.41) is 16.3. The number of carbonyl (C=O) groups is 2. The Hall–Kier alpha value is -2.24. The molecule has 1 atom stereocenters. The average Bonchev–Trinajstić information content (AvgIpc) is 2.36. The first kappa shape index (κ1) is 13.8. The SMILES string of the molecule is CCC(C)c1ccc(NC(=O)N=NC(=O)O)cc1. The third kappa shape index (κ3) is 4.32. The maximum absolute atomic E-state index is 11.2. The molecule has 1 aromatic carbocycles. The number of amides is 3. The Kier molecular flexibility index (Phi) is 4.98. The average molecular weight is 249 g/mol. The molecule has 1 aromatic rings. The molecule has 0 fully saturated rings. The molecule has 2 N–H and O–H groups in total. The summed E-state index contributed by atoms with van der Waals surface area (Å²) in [6, 6.07) is 6.51. The van der Waals surface area contributed by atoms with Gasteiger partial charge < -0.3 is 10.4 Å². The number of nitrogens with one attached hydrogen (secondary N) is 1. The molecule has 0 aromatic heterocycles. The van der Waals surface area contributed by atoms with Crippen LogP contribution in [0.1, 0.15) is 31.7 Å². The molecule has 0 spiro atoms. The van der Waals surface area contributed by atoms with Gasteiger partial charge in [-0.3, -0.25) is 0 Å². The maximum atomic E-state index is 11.2. The highest BCUT2D eigenvalue weighted by atomic mass is 16.4. The van der Waals surface area contributed by atoms with Gasteiger partial charge in [-0.2, -0.15) is 0 Å². The Balaban J connectivity index is 2.64. The van der Waals surface area contributed by atoms with Crippen molar-refractivity contribution >= 4 is 17.8 Å². The van der Waals surface area contributed by atoms with E-state index in [0.717, 1.165) is 6.42 Å². The van der Waals surface area contributed by atoms with Gasteiger partial charge in [-0.05, 0) is 30.0 Å². The Morgan fingerprint density at radius 3 is 2.39 bits per heavy atom. The van der Waals surface area contributed by atoms with Crippen LogP contribution in [-0.4, -0.2) is 17.2 Å². The van der Waals surface area contributed by atoms with Crippen molar-refractivity contribution in [2.75, 3.05) is 5.32 Å². The molecule has 0 radical (unpaired) electrons. The highest BCUT2D eigenvalue weighted by molar-refractivity contribution is 5.90. The highest BCUT2D eigenvalue weighted by Gasteiger charge is 2.04. The molecule has 3 amide bonds. The van der Waals surface area contributed by atoms with Gasteiger partial charge in [0.15, 0.2) is 0 Å². The third-order valence-corrected chi connectivity index (χ3v) is 2.57. The van der Waals surface area contributed by atoms with Gasteiger partial charge in [0.2, 0.25) is 0 Å². The van der Waals surface area contributed by atoms with Crippen molar-refractivity contribution in [1.29, 1.82) is 0 Å². The summed E-state index contributed by atoms with van der Waals surface area (Å²) >= 11 is 0. The van der Waals surface area contributed by atoms with Crippen LogP contribution in [0.2, 0.25) is 0 Å². The fraction of sp³-hybridized carbons (Fsp3) is 0.333. The van der Waals surface area contributed by atoms with E-state index in [1.165, 1.54) is 5.56 Å². The van der Waals surface area contributed by atoms with Crippen molar-refractivity contribution in [3.63, 3.8) is 0 Å². The summed E-state index contributed by atoms with van der Waals surface area (Å²) < 4.78 is 0. The molecule has 1 unspecified atom stereocenters. The second-order valence-corrected chi connectivity index (χ2v) is 3.84. The van der Waals surface area contributed by atoms with Crippen LogP contribution in [0.25, 0.3) is 0 Å². The van der Waals surface area contributed by atoms with Crippen LogP contribution >= 0.6 is 0 Å². The zero-order chi connectivity index (χ0) is 13.5. The van der Waals surface area contributed by atoms with Gasteiger partial charge in [0.25, 0.3) is 0 Å². The molecule has 0 aliphatic rings. The van der Waals surface area contributed by atoms with E-state index < -0.39 is 12.1 Å². The first-order valence-electron chi connectivity index (χ1n) is 5.58. The Labute approximate surface area is 105 Å². The van der Waals surface area contributed by atoms with E-state index in [2.05, 4.69) is 29.4 Å². The summed E-state index contributed by atoms with van der Waals surface area (Å²) in [7, 11) is 0. The lowest BCUT2D eigenvalue weighted by Crippen LogP contribution is -2.06. The second kappa shape index (κ2) is 6.48. The Bertz CT molecular complexity index is 454. The molecule has 0 heterocycles. The molecule has 6 heteroatoms. The van der Waals surface area contributed by atoms with E-state index in [0.29, 0.717) is 11.6 Å². The minimum absolute atomic E-state index is 0.460. The summed E-state index contributed by atoms with van der Waals surface area (Å²) in [5.74, 6) is 0.460. The van der Waals surface area contributed by atoms with Gasteiger partial charge in [0.1, 0.15) is 0 Å². The van der Waals surface area contributed by atoms with Crippen molar-refractivity contribution in [3.8, 4) is 0 Å². The molecule has 0 bridgehead atoms. The van der Waals surface area contributed by atoms with E-state index >= 15 is 0 Å². The van der Waals surface area contributed by atoms with Crippen LogP contribution in [0.15, 0.2) is 34.5 Å². The van der Waals surface area contributed by atoms with Gasteiger partial charge in [-0.25, -0.2) is 9.59 Å². The number of azo groups is 1. The summed E-state index contributed by atoms with van der Waals surface area (Å²) in [4.78, 5) is 21.2. The van der Waals surface area contributed by atoms with Crippen molar-refractivity contribution in [3.05, 3.63) is 29.8 Å². The number of hydrogen-bond acceptors (Lipinski definition) is 2. The third-order valence-electron chi connectivity index (χ3n) is 2.57. The van der Waals surface area contributed by atoms with Gasteiger partial charge >= 0.3 is 12.1 Å². The minimum atomic E-state index is -1.50. The fourth-order valence-electron chi connectivity index (χ4n) is 1.37. The first-order valence-corrected chi connectivity index (χ1v) is 5.58. The standard InChI is InChI=1S/C12H15N3O3/c1-3-8(2)9-4-6-10(7-5-9)13-11(16)14-15-12(17)18/h4-8H,3H2,1-2H3,(H,13,16)(H,17,18). The number of benzene rings is 1. The maximum Gasteiger partial charge on any atom is 0.450 e. The number of carboxylic acid groups (broad SMARTS) is 1. The topological polar surface area (TPSA) is 91.1 Å². The number of hydrogen-bond donors (Lipinski definition) is 2. The van der Waals surface area contributed by atoms with Crippen LogP contribution in [0.3, 0.4) is 0 Å². The highest BCUT2D eigenvalue weighted by Crippen LogP contribution is 2.20. The summed E-state index contributed by atoms with van der Waals surface area (Å²) in [5.41, 5.74) is 1.74. The molecule has 0 saturated heterocycles. The molecule has 0 aliphatic carbocycles. The number of rotatable bonds is 3. The number of anilines is 1. The van der Waals surface area contributed by atoms with Gasteiger partial charge in [0, 0.05) is 5.69 Å². The van der Waals surface area contributed by atoms with E-state index in [1.54, 1.807) is 12.1 Å². The molecule has 18 heavy (non-hydrogen) atoms. The van der Waals surface area contributed by atoms with Crippen LogP contribution < -0.4 is 5.32 Å². The lowest BCUT2D eigenvalue weighted by Gasteiger charge is -2.09. The van der Waals surface area contributed by atoms with Crippen LogP contribution in [-0.2, 0) is 0 Å². The summed E-state index contributed by atoms with van der Waals surface area (Å²) in [6.45, 7) is 4.22. The van der Waals surface area contributed by atoms with Crippen LogP contribution in [0.5, 0.6) is 0 Å². The van der Waals surface area contributed by atoms with E-state index in [-0.39, 0.29) is 0 Å². The zero-order valence-corrected chi connectivity index (χ0v) is 10.3. The Morgan fingerprint density at radius 2 is 1.89 bits per heavy atom. The lowest BCUT2D eigenvalue weighted by molar-refractivity contribution is 0.203. The van der Waals surface area contributed by atoms with Crippen molar-refractivity contribution in [2.45, 2.75) is 26.2 Å². The van der Waals surface area contributed by atoms with Gasteiger partial charge in [-0.1, -0.05) is 36.2 Å². The molecule has 1 rings (SSSR count). The number of urea groups is 1. The normalized spacial score (nSPS) is 12.3. The van der Waals surface area contributed by atoms with Crippen molar-refractivity contribution < 1.29 is 14.7 Å². The second-order valence-electron chi connectivity index (χ2n) is 3.84. The smallest absolute Gasteiger partial charge is 0.450 e. The van der Waals surface area contributed by atoms with Crippen LogP contribution in [0.4, 0.5) is 15.3 Å². The molecule has 0 aliphatic heterocycles. The summed E-state index contributed by atoms with van der Waals surface area (Å²) in [6.07, 6.45) is -0.462. The zero-order valence-electron chi connectivity index (χ0n) is 10.3. The molecule has 0 saturated carbocycles. The van der Waals surface area contributed by atoms with Gasteiger partial charge in [0.05, 0.1) is 0 Å². The van der Waals surface area contributed by atoms with E-state index in [4.69, 9.17) is 5.11 Å². The molecular weight excluding hydrogens is 234 g/mol. The number of nitrogens with zero attached hydrogens (tertiary/aromatic N) is 2. The monoisotopic (exact) mass is 249 g/mol. The quantitative estimate of drug-likeness (QED) is 0.796. The molecule has 6 nitrogen and oxygen atoms in total.